The van der Waals surface area contributed by atoms with Crippen LogP contribution in [0, 0.1) is 5.92 Å². The summed E-state index contributed by atoms with van der Waals surface area (Å²) in [6.07, 6.45) is 4.50. The molecule has 1 saturated carbocycles. The van der Waals surface area contributed by atoms with E-state index < -0.39 is 28.8 Å². The third kappa shape index (κ3) is 5.82. The molecular weight excluding hydrogens is 460 g/mol. The quantitative estimate of drug-likeness (QED) is 0.345. The predicted octanol–water partition coefficient (Wildman–Crippen LogP) is 4.24. The molecule has 2 heterocycles. The highest BCUT2D eigenvalue weighted by Crippen LogP contribution is 2.36. The first-order chi connectivity index (χ1) is 15.8. The highest BCUT2D eigenvalue weighted by Gasteiger charge is 2.38. The second-order valence-corrected chi connectivity index (χ2v) is 10.9. The Kier molecular flexibility index (Phi) is 7.80. The summed E-state index contributed by atoms with van der Waals surface area (Å²) in [6.45, 7) is 9.86. The number of ketones is 1. The monoisotopic (exact) mass is 494 g/mol. The summed E-state index contributed by atoms with van der Waals surface area (Å²) in [5.41, 5.74) is -0.188. The Hall–Kier alpha value is -2.35. The smallest absolute Gasteiger partial charge is 0.341 e. The maximum absolute atomic E-state index is 13.1. The van der Waals surface area contributed by atoms with Crippen LogP contribution >= 0.6 is 11.6 Å². The SMILES string of the molecule is CCOC(=O)c1c(Cl)c(C(=O)C(=O)NC2(C)CCC(CC(=O)OC(C)(C)C)CC2)n2c1CCC2. The van der Waals surface area contributed by atoms with Gasteiger partial charge < -0.3 is 19.4 Å². The third-order valence-corrected chi connectivity index (χ3v) is 6.88. The second-order valence-electron chi connectivity index (χ2n) is 10.5. The fourth-order valence-electron chi connectivity index (χ4n) is 4.88. The van der Waals surface area contributed by atoms with Gasteiger partial charge in [-0.05, 0) is 79.1 Å². The molecule has 1 amide bonds. The van der Waals surface area contributed by atoms with Crippen molar-refractivity contribution < 1.29 is 28.7 Å². The fourth-order valence-corrected chi connectivity index (χ4v) is 5.25. The minimum absolute atomic E-state index is 0.0143. The van der Waals surface area contributed by atoms with E-state index in [4.69, 9.17) is 21.1 Å². The number of halogens is 1. The van der Waals surface area contributed by atoms with E-state index in [1.54, 1.807) is 11.5 Å². The predicted molar refractivity (Wildman–Crippen MR) is 127 cm³/mol. The molecule has 0 radical (unpaired) electrons. The Morgan fingerprint density at radius 2 is 1.82 bits per heavy atom. The molecule has 8 nitrogen and oxygen atoms in total. The number of amides is 1. The van der Waals surface area contributed by atoms with E-state index in [2.05, 4.69) is 5.32 Å². The van der Waals surface area contributed by atoms with E-state index >= 15 is 0 Å². The molecule has 0 unspecified atom stereocenters. The van der Waals surface area contributed by atoms with Gasteiger partial charge in [0.25, 0.3) is 11.7 Å². The molecule has 9 heteroatoms. The van der Waals surface area contributed by atoms with Crippen LogP contribution in [0.5, 0.6) is 0 Å². The van der Waals surface area contributed by atoms with E-state index in [1.165, 1.54) is 0 Å². The first-order valence-corrected chi connectivity index (χ1v) is 12.4. The number of esters is 2. The van der Waals surface area contributed by atoms with E-state index in [9.17, 15) is 19.2 Å². The topological polar surface area (TPSA) is 104 Å². The van der Waals surface area contributed by atoms with Gasteiger partial charge in [-0.3, -0.25) is 14.4 Å². The largest absolute Gasteiger partial charge is 0.462 e. The molecule has 0 spiro atoms. The lowest BCUT2D eigenvalue weighted by molar-refractivity contribution is -0.156. The molecule has 188 valence electrons. The van der Waals surface area contributed by atoms with Crippen LogP contribution in [0.25, 0.3) is 0 Å². The lowest BCUT2D eigenvalue weighted by Gasteiger charge is -2.38. The molecule has 0 saturated heterocycles. The van der Waals surface area contributed by atoms with Gasteiger partial charge in [0.1, 0.15) is 11.3 Å². The van der Waals surface area contributed by atoms with Crippen molar-refractivity contribution in [2.24, 2.45) is 5.92 Å². The van der Waals surface area contributed by atoms with E-state index in [-0.39, 0.29) is 34.8 Å². The zero-order chi connectivity index (χ0) is 25.3. The van der Waals surface area contributed by atoms with Crippen molar-refractivity contribution >= 4 is 35.2 Å². The molecular formula is C25H35ClN2O6. The van der Waals surface area contributed by atoms with Gasteiger partial charge in [-0.1, -0.05) is 11.6 Å². The van der Waals surface area contributed by atoms with Gasteiger partial charge in [-0.15, -0.1) is 0 Å². The molecule has 1 aromatic rings. The van der Waals surface area contributed by atoms with Gasteiger partial charge in [0.05, 0.1) is 17.2 Å². The number of ether oxygens (including phenoxy) is 2. The lowest BCUT2D eigenvalue weighted by atomic mass is 9.76. The summed E-state index contributed by atoms with van der Waals surface area (Å²) >= 11 is 6.44. The van der Waals surface area contributed by atoms with E-state index in [0.29, 0.717) is 37.9 Å². The molecule has 3 rings (SSSR count). The summed E-state index contributed by atoms with van der Waals surface area (Å²) in [5.74, 6) is -2.09. The molecule has 34 heavy (non-hydrogen) atoms. The van der Waals surface area contributed by atoms with Crippen molar-refractivity contribution in [1.82, 2.24) is 9.88 Å². The first-order valence-electron chi connectivity index (χ1n) is 12.0. The first kappa shape index (κ1) is 26.3. The fraction of sp³-hybridized carbons (Fsp3) is 0.680. The number of Topliss-reactive ketones (excluding diaryl/α,β-unsaturated/α-hetero) is 1. The van der Waals surface area contributed by atoms with Crippen LogP contribution in [0.3, 0.4) is 0 Å². The minimum Gasteiger partial charge on any atom is -0.462 e. The zero-order valence-corrected chi connectivity index (χ0v) is 21.5. The van der Waals surface area contributed by atoms with Crippen molar-refractivity contribution in [3.8, 4) is 0 Å². The molecule has 1 N–H and O–H groups in total. The van der Waals surface area contributed by atoms with Crippen LogP contribution in [0.2, 0.25) is 5.02 Å². The van der Waals surface area contributed by atoms with Crippen molar-refractivity contribution in [3.63, 3.8) is 0 Å². The summed E-state index contributed by atoms with van der Waals surface area (Å²) in [7, 11) is 0. The number of nitrogens with one attached hydrogen (secondary N) is 1. The van der Waals surface area contributed by atoms with Gasteiger partial charge in [-0.25, -0.2) is 4.79 Å². The Labute approximate surface area is 205 Å². The summed E-state index contributed by atoms with van der Waals surface area (Å²) < 4.78 is 12.2. The number of rotatable bonds is 7. The number of carbonyl (C=O) groups excluding carboxylic acids is 4. The summed E-state index contributed by atoms with van der Waals surface area (Å²) in [6, 6.07) is 0. The molecule has 0 atom stereocenters. The normalized spacial score (nSPS) is 22.1. The second kappa shape index (κ2) is 10.1. The maximum atomic E-state index is 13.1. The number of aromatic nitrogens is 1. The maximum Gasteiger partial charge on any atom is 0.341 e. The Morgan fingerprint density at radius 3 is 2.41 bits per heavy atom. The number of nitrogens with zero attached hydrogens (tertiary/aromatic N) is 1. The van der Waals surface area contributed by atoms with Crippen molar-refractivity contribution in [2.45, 2.75) is 97.2 Å². The molecule has 0 aromatic carbocycles. The van der Waals surface area contributed by atoms with Crippen LogP contribution in [-0.2, 0) is 32.0 Å². The van der Waals surface area contributed by atoms with Gasteiger partial charge in [0.15, 0.2) is 0 Å². The van der Waals surface area contributed by atoms with Crippen LogP contribution in [-0.4, -0.2) is 45.9 Å². The van der Waals surface area contributed by atoms with Crippen LogP contribution < -0.4 is 5.32 Å². The average Bonchev–Trinajstić information content (AvgIpc) is 3.27. The highest BCUT2D eigenvalue weighted by molar-refractivity contribution is 6.47. The van der Waals surface area contributed by atoms with Gasteiger partial charge in [0, 0.05) is 24.2 Å². The number of hydrogen-bond donors (Lipinski definition) is 1. The van der Waals surface area contributed by atoms with Crippen molar-refractivity contribution in [1.29, 1.82) is 0 Å². The molecule has 1 aromatic heterocycles. The Morgan fingerprint density at radius 1 is 1.18 bits per heavy atom. The zero-order valence-electron chi connectivity index (χ0n) is 20.7. The lowest BCUT2D eigenvalue weighted by Crippen LogP contribution is -2.51. The average molecular weight is 495 g/mol. The highest BCUT2D eigenvalue weighted by atomic mass is 35.5. The van der Waals surface area contributed by atoms with E-state index in [1.807, 2.05) is 27.7 Å². The van der Waals surface area contributed by atoms with Crippen LogP contribution in [0.1, 0.15) is 99.7 Å². The van der Waals surface area contributed by atoms with Gasteiger partial charge in [-0.2, -0.15) is 0 Å². The van der Waals surface area contributed by atoms with E-state index in [0.717, 1.165) is 19.3 Å². The number of carbonyl (C=O) groups is 4. The van der Waals surface area contributed by atoms with Crippen molar-refractivity contribution in [3.05, 3.63) is 22.0 Å². The minimum atomic E-state index is -0.749. The van der Waals surface area contributed by atoms with Crippen LogP contribution in [0.15, 0.2) is 0 Å². The Bertz CT molecular complexity index is 983. The number of hydrogen-bond acceptors (Lipinski definition) is 6. The van der Waals surface area contributed by atoms with Gasteiger partial charge >= 0.3 is 11.9 Å². The summed E-state index contributed by atoms with van der Waals surface area (Å²) in [4.78, 5) is 50.7. The van der Waals surface area contributed by atoms with Gasteiger partial charge in [0.2, 0.25) is 0 Å². The third-order valence-electron chi connectivity index (χ3n) is 6.51. The molecule has 1 fully saturated rings. The molecule has 1 aliphatic heterocycles. The van der Waals surface area contributed by atoms with Crippen molar-refractivity contribution in [2.75, 3.05) is 6.61 Å². The Balaban J connectivity index is 1.66. The molecule has 1 aliphatic carbocycles. The standard InChI is InChI=1S/C25H35ClN2O6/c1-6-33-23(32)18-16-8-7-13-28(16)20(19(18)26)21(30)22(31)27-25(5)11-9-15(10-12-25)14-17(29)34-24(2,3)4/h15H,6-14H2,1-5H3,(H,27,31). The number of fused-ring (bicyclic) bond motifs is 1. The molecule has 2 aliphatic rings. The summed E-state index contributed by atoms with van der Waals surface area (Å²) in [5, 5.41) is 2.88. The van der Waals surface area contributed by atoms with Crippen LogP contribution in [0.4, 0.5) is 0 Å². The molecule has 0 bridgehead atoms.